The summed E-state index contributed by atoms with van der Waals surface area (Å²) >= 11 is 0. The summed E-state index contributed by atoms with van der Waals surface area (Å²) in [6.45, 7) is 1.12. The Morgan fingerprint density at radius 1 is 1.03 bits per heavy atom. The Kier molecular flexibility index (Phi) is 5.74. The Labute approximate surface area is 175 Å². The molecule has 0 radical (unpaired) electrons. The van der Waals surface area contributed by atoms with Crippen molar-refractivity contribution in [3.63, 3.8) is 0 Å². The molecule has 2 aliphatic heterocycles. The Bertz CT molecular complexity index is 1050. The summed E-state index contributed by atoms with van der Waals surface area (Å²) in [4.78, 5) is 20.2. The van der Waals surface area contributed by atoms with Crippen molar-refractivity contribution in [1.29, 1.82) is 0 Å². The van der Waals surface area contributed by atoms with Gasteiger partial charge in [0.2, 0.25) is 16.1 Å². The molecule has 2 aromatic rings. The second-order valence-corrected chi connectivity index (χ2v) is 9.02. The molecule has 4 rings (SSSR count). The van der Waals surface area contributed by atoms with Gasteiger partial charge in [0.25, 0.3) is 5.91 Å². The third kappa shape index (κ3) is 3.90. The second kappa shape index (κ2) is 8.45. The first-order chi connectivity index (χ1) is 14.5. The SMILES string of the molecule is COc1ccccc1C1=NO[C@@H](C(=O)N2CCN(S(=O)(=O)c3ccccc3)CC2)C1. The molecule has 0 aliphatic carbocycles. The maximum Gasteiger partial charge on any atom is 0.266 e. The first kappa shape index (κ1) is 20.4. The smallest absolute Gasteiger partial charge is 0.266 e. The van der Waals surface area contributed by atoms with Crippen molar-refractivity contribution in [2.45, 2.75) is 17.4 Å². The van der Waals surface area contributed by atoms with Crippen LogP contribution in [0.4, 0.5) is 0 Å². The molecule has 0 saturated carbocycles. The molecule has 0 unspecified atom stereocenters. The third-order valence-corrected chi connectivity index (χ3v) is 7.21. The van der Waals surface area contributed by atoms with Crippen LogP contribution < -0.4 is 4.74 Å². The molecule has 0 spiro atoms. The van der Waals surface area contributed by atoms with E-state index >= 15 is 0 Å². The minimum Gasteiger partial charge on any atom is -0.496 e. The Balaban J connectivity index is 1.37. The first-order valence-corrected chi connectivity index (χ1v) is 11.1. The van der Waals surface area contributed by atoms with E-state index in [0.717, 1.165) is 5.56 Å². The van der Waals surface area contributed by atoms with Crippen LogP contribution in [0.2, 0.25) is 0 Å². The molecule has 0 aromatic heterocycles. The average molecular weight is 429 g/mol. The van der Waals surface area contributed by atoms with Crippen LogP contribution in [0.1, 0.15) is 12.0 Å². The van der Waals surface area contributed by atoms with Crippen molar-refractivity contribution in [1.82, 2.24) is 9.21 Å². The molecule has 0 N–H and O–H groups in total. The lowest BCUT2D eigenvalue weighted by Crippen LogP contribution is -2.52. The van der Waals surface area contributed by atoms with Crippen molar-refractivity contribution in [3.05, 3.63) is 60.2 Å². The molecule has 1 amide bonds. The fourth-order valence-corrected chi connectivity index (χ4v) is 5.09. The number of carbonyl (C=O) groups excluding carboxylic acids is 1. The van der Waals surface area contributed by atoms with Gasteiger partial charge in [-0.05, 0) is 24.3 Å². The molecule has 1 fully saturated rings. The van der Waals surface area contributed by atoms with Crippen LogP contribution in [0.15, 0.2) is 64.6 Å². The van der Waals surface area contributed by atoms with Gasteiger partial charge in [-0.3, -0.25) is 4.79 Å². The summed E-state index contributed by atoms with van der Waals surface area (Å²) in [5, 5.41) is 4.09. The van der Waals surface area contributed by atoms with Crippen LogP contribution in [0.3, 0.4) is 0 Å². The lowest BCUT2D eigenvalue weighted by Gasteiger charge is -2.34. The number of para-hydroxylation sites is 1. The molecule has 1 atom stereocenters. The minimum atomic E-state index is -3.56. The number of piperazine rings is 1. The molecule has 0 bridgehead atoms. The van der Waals surface area contributed by atoms with Gasteiger partial charge in [0.1, 0.15) is 5.75 Å². The molecule has 9 heteroatoms. The Morgan fingerprint density at radius 3 is 2.40 bits per heavy atom. The topological polar surface area (TPSA) is 88.5 Å². The fraction of sp³-hybridized carbons (Fsp3) is 0.333. The van der Waals surface area contributed by atoms with Crippen LogP contribution in [0.25, 0.3) is 0 Å². The maximum absolute atomic E-state index is 12.9. The number of methoxy groups -OCH3 is 1. The van der Waals surface area contributed by atoms with E-state index < -0.39 is 16.1 Å². The molecule has 2 heterocycles. The number of amides is 1. The van der Waals surface area contributed by atoms with Gasteiger partial charge in [-0.2, -0.15) is 4.31 Å². The normalized spacial score (nSPS) is 19.8. The zero-order chi connectivity index (χ0) is 21.1. The van der Waals surface area contributed by atoms with Crippen molar-refractivity contribution >= 4 is 21.6 Å². The average Bonchev–Trinajstić information content (AvgIpc) is 3.29. The largest absolute Gasteiger partial charge is 0.496 e. The molecule has 2 aliphatic rings. The number of benzene rings is 2. The summed E-state index contributed by atoms with van der Waals surface area (Å²) in [7, 11) is -1.97. The van der Waals surface area contributed by atoms with E-state index in [2.05, 4.69) is 5.16 Å². The first-order valence-electron chi connectivity index (χ1n) is 9.71. The number of hydrogen-bond acceptors (Lipinski definition) is 6. The van der Waals surface area contributed by atoms with Crippen LogP contribution >= 0.6 is 0 Å². The van der Waals surface area contributed by atoms with Gasteiger partial charge in [0.05, 0.1) is 17.7 Å². The van der Waals surface area contributed by atoms with Crippen molar-refractivity contribution in [2.75, 3.05) is 33.3 Å². The zero-order valence-corrected chi connectivity index (χ0v) is 17.4. The van der Waals surface area contributed by atoms with E-state index in [1.54, 1.807) is 42.3 Å². The molecular formula is C21H23N3O5S. The van der Waals surface area contributed by atoms with Crippen molar-refractivity contribution in [2.24, 2.45) is 5.16 Å². The predicted octanol–water partition coefficient (Wildman–Crippen LogP) is 1.72. The molecule has 2 aromatic carbocycles. The van der Waals surface area contributed by atoms with Gasteiger partial charge in [-0.1, -0.05) is 35.5 Å². The van der Waals surface area contributed by atoms with Gasteiger partial charge in [-0.25, -0.2) is 8.42 Å². The van der Waals surface area contributed by atoms with E-state index in [9.17, 15) is 13.2 Å². The van der Waals surface area contributed by atoms with E-state index in [4.69, 9.17) is 9.57 Å². The van der Waals surface area contributed by atoms with Crippen LogP contribution in [-0.4, -0.2) is 68.6 Å². The Morgan fingerprint density at radius 2 is 1.70 bits per heavy atom. The highest BCUT2D eigenvalue weighted by Crippen LogP contribution is 2.26. The summed E-state index contributed by atoms with van der Waals surface area (Å²) < 4.78 is 32.3. The molecule has 1 saturated heterocycles. The Hall–Kier alpha value is -2.91. The number of nitrogens with zero attached hydrogens (tertiary/aromatic N) is 3. The van der Waals surface area contributed by atoms with Gasteiger partial charge < -0.3 is 14.5 Å². The summed E-state index contributed by atoms with van der Waals surface area (Å²) in [6, 6.07) is 15.8. The number of carbonyl (C=O) groups is 1. The summed E-state index contributed by atoms with van der Waals surface area (Å²) in [6.07, 6.45) is -0.357. The van der Waals surface area contributed by atoms with E-state index in [-0.39, 0.29) is 23.9 Å². The molecule has 30 heavy (non-hydrogen) atoms. The quantitative estimate of drug-likeness (QED) is 0.722. The lowest BCUT2D eigenvalue weighted by atomic mass is 10.0. The number of hydrogen-bond donors (Lipinski definition) is 0. The monoisotopic (exact) mass is 429 g/mol. The number of oxime groups is 1. The van der Waals surface area contributed by atoms with Crippen LogP contribution in [0.5, 0.6) is 5.75 Å². The van der Waals surface area contributed by atoms with Crippen molar-refractivity contribution in [3.8, 4) is 5.75 Å². The highest BCUT2D eigenvalue weighted by atomic mass is 32.2. The zero-order valence-electron chi connectivity index (χ0n) is 16.6. The predicted molar refractivity (Wildman–Crippen MR) is 111 cm³/mol. The maximum atomic E-state index is 12.9. The third-order valence-electron chi connectivity index (χ3n) is 5.29. The minimum absolute atomic E-state index is 0.180. The number of sulfonamides is 1. The van der Waals surface area contributed by atoms with Gasteiger partial charge in [-0.15, -0.1) is 0 Å². The second-order valence-electron chi connectivity index (χ2n) is 7.08. The summed E-state index contributed by atoms with van der Waals surface area (Å²) in [5.74, 6) is 0.494. The summed E-state index contributed by atoms with van der Waals surface area (Å²) in [5.41, 5.74) is 1.46. The fourth-order valence-electron chi connectivity index (χ4n) is 3.65. The van der Waals surface area contributed by atoms with Gasteiger partial charge >= 0.3 is 0 Å². The molecule has 158 valence electrons. The highest BCUT2D eigenvalue weighted by molar-refractivity contribution is 7.89. The van der Waals surface area contributed by atoms with E-state index in [0.29, 0.717) is 31.0 Å². The van der Waals surface area contributed by atoms with Crippen molar-refractivity contribution < 1.29 is 22.8 Å². The molecular weight excluding hydrogens is 406 g/mol. The molecule has 8 nitrogen and oxygen atoms in total. The van der Waals surface area contributed by atoms with E-state index in [1.807, 2.05) is 24.3 Å². The number of rotatable bonds is 5. The van der Waals surface area contributed by atoms with Crippen LogP contribution in [-0.2, 0) is 19.7 Å². The van der Waals surface area contributed by atoms with E-state index in [1.165, 1.54) is 4.31 Å². The van der Waals surface area contributed by atoms with Crippen LogP contribution in [0, 0.1) is 0 Å². The van der Waals surface area contributed by atoms with Gasteiger partial charge in [0, 0.05) is 38.2 Å². The lowest BCUT2D eigenvalue weighted by molar-refractivity contribution is -0.143. The standard InChI is InChI=1S/C21H23N3O5S/c1-28-19-10-6-5-9-17(19)18-15-20(29-22-18)21(25)23-11-13-24(14-12-23)30(26,27)16-7-3-2-4-8-16/h2-10,20H,11-15H2,1H3/t20-/m1/s1. The number of ether oxygens (including phenoxy) is 1. The highest BCUT2D eigenvalue weighted by Gasteiger charge is 2.36. The van der Waals surface area contributed by atoms with Gasteiger partial charge in [0.15, 0.2) is 0 Å².